The molecule has 0 aromatic rings. The molecule has 62 valence electrons. The second kappa shape index (κ2) is 2.63. The van der Waals surface area contributed by atoms with E-state index in [0.29, 0.717) is 12.5 Å². The van der Waals surface area contributed by atoms with Crippen LogP contribution in [0.3, 0.4) is 0 Å². The summed E-state index contributed by atoms with van der Waals surface area (Å²) in [5.74, 6) is 2.28. The van der Waals surface area contributed by atoms with E-state index in [2.05, 4.69) is 13.0 Å². The zero-order valence-electron chi connectivity index (χ0n) is 7.09. The average Bonchev–Trinajstić information content (AvgIpc) is 2.60. The van der Waals surface area contributed by atoms with Crippen molar-refractivity contribution >= 4 is 0 Å². The van der Waals surface area contributed by atoms with E-state index in [1.54, 1.807) is 5.57 Å². The lowest BCUT2D eigenvalue weighted by molar-refractivity contribution is 0.187. The van der Waals surface area contributed by atoms with Crippen molar-refractivity contribution in [3.63, 3.8) is 0 Å². The van der Waals surface area contributed by atoms with Crippen LogP contribution in [0.1, 0.15) is 26.2 Å². The Kier molecular flexibility index (Phi) is 1.76. The average molecular weight is 152 g/mol. The minimum absolute atomic E-state index is 0.415. The highest BCUT2D eigenvalue weighted by molar-refractivity contribution is 5.17. The lowest BCUT2D eigenvalue weighted by Gasteiger charge is -2.20. The fraction of sp³-hybridized carbons (Fsp3) is 0.800. The minimum atomic E-state index is 0.415. The van der Waals surface area contributed by atoms with Gasteiger partial charge < -0.3 is 5.11 Å². The SMILES string of the molecule is CC=C1CC2CC1CC2CO. The number of aliphatic hydroxyl groups is 1. The molecule has 1 heteroatoms. The molecule has 0 radical (unpaired) electrons. The molecule has 0 saturated heterocycles. The first-order valence-electron chi connectivity index (χ1n) is 4.61. The standard InChI is InChI=1S/C10H16O/c1-2-7-3-9-4-8(7)5-10(9)6-11/h2,8-11H,3-6H2,1H3. The molecule has 0 amide bonds. The number of aliphatic hydroxyl groups excluding tert-OH is 1. The Morgan fingerprint density at radius 1 is 1.55 bits per heavy atom. The van der Waals surface area contributed by atoms with Crippen molar-refractivity contribution in [2.45, 2.75) is 26.2 Å². The predicted molar refractivity (Wildman–Crippen MR) is 45.2 cm³/mol. The Balaban J connectivity index is 2.08. The normalized spacial score (nSPS) is 45.6. The van der Waals surface area contributed by atoms with Crippen LogP contribution < -0.4 is 0 Å². The Morgan fingerprint density at radius 2 is 2.36 bits per heavy atom. The smallest absolute Gasteiger partial charge is 0.0462 e. The summed E-state index contributed by atoms with van der Waals surface area (Å²) in [6.07, 6.45) is 6.15. The molecule has 2 aliphatic rings. The van der Waals surface area contributed by atoms with Crippen molar-refractivity contribution in [3.8, 4) is 0 Å². The van der Waals surface area contributed by atoms with Gasteiger partial charge in [-0.2, -0.15) is 0 Å². The third-order valence-corrected chi connectivity index (χ3v) is 3.47. The van der Waals surface area contributed by atoms with Crippen LogP contribution in [0.4, 0.5) is 0 Å². The van der Waals surface area contributed by atoms with Gasteiger partial charge in [-0.1, -0.05) is 11.6 Å². The first kappa shape index (κ1) is 7.35. The quantitative estimate of drug-likeness (QED) is 0.569. The highest BCUT2D eigenvalue weighted by Crippen LogP contribution is 2.51. The van der Waals surface area contributed by atoms with Gasteiger partial charge in [0.25, 0.3) is 0 Å². The Hall–Kier alpha value is -0.300. The van der Waals surface area contributed by atoms with Crippen molar-refractivity contribution in [2.24, 2.45) is 17.8 Å². The third kappa shape index (κ3) is 1.02. The van der Waals surface area contributed by atoms with Gasteiger partial charge in [0, 0.05) is 6.61 Å². The van der Waals surface area contributed by atoms with E-state index in [1.807, 2.05) is 0 Å². The third-order valence-electron chi connectivity index (χ3n) is 3.47. The van der Waals surface area contributed by atoms with Crippen LogP contribution in [0.15, 0.2) is 11.6 Å². The molecule has 3 atom stereocenters. The van der Waals surface area contributed by atoms with Crippen molar-refractivity contribution in [1.29, 1.82) is 0 Å². The summed E-state index contributed by atoms with van der Waals surface area (Å²) < 4.78 is 0. The summed E-state index contributed by atoms with van der Waals surface area (Å²) >= 11 is 0. The second-order valence-corrected chi connectivity index (χ2v) is 3.94. The summed E-state index contributed by atoms with van der Waals surface area (Å²) in [5.41, 5.74) is 1.65. The topological polar surface area (TPSA) is 20.2 Å². The van der Waals surface area contributed by atoms with Gasteiger partial charge in [0.1, 0.15) is 0 Å². The van der Waals surface area contributed by atoms with Gasteiger partial charge in [-0.15, -0.1) is 0 Å². The molecule has 2 saturated carbocycles. The Bertz CT molecular complexity index is 183. The monoisotopic (exact) mass is 152 g/mol. The van der Waals surface area contributed by atoms with Crippen LogP contribution in [0.2, 0.25) is 0 Å². The van der Waals surface area contributed by atoms with Gasteiger partial charge in [-0.3, -0.25) is 0 Å². The molecule has 0 heterocycles. The number of fused-ring (bicyclic) bond motifs is 2. The molecular formula is C10H16O. The van der Waals surface area contributed by atoms with Crippen molar-refractivity contribution < 1.29 is 5.11 Å². The largest absolute Gasteiger partial charge is 0.396 e. The predicted octanol–water partition coefficient (Wildman–Crippen LogP) is 1.97. The summed E-state index contributed by atoms with van der Waals surface area (Å²) in [6, 6.07) is 0. The molecule has 1 N–H and O–H groups in total. The van der Waals surface area contributed by atoms with Crippen LogP contribution in [0.5, 0.6) is 0 Å². The van der Waals surface area contributed by atoms with Crippen LogP contribution in [-0.4, -0.2) is 11.7 Å². The van der Waals surface area contributed by atoms with E-state index < -0.39 is 0 Å². The first-order valence-corrected chi connectivity index (χ1v) is 4.61. The van der Waals surface area contributed by atoms with Gasteiger partial charge >= 0.3 is 0 Å². The summed E-state index contributed by atoms with van der Waals surface area (Å²) in [7, 11) is 0. The molecule has 2 rings (SSSR count). The summed E-state index contributed by atoms with van der Waals surface area (Å²) in [5, 5.41) is 9.03. The Morgan fingerprint density at radius 3 is 2.82 bits per heavy atom. The van der Waals surface area contributed by atoms with E-state index in [1.165, 1.54) is 19.3 Å². The molecule has 1 nitrogen and oxygen atoms in total. The number of rotatable bonds is 1. The van der Waals surface area contributed by atoms with E-state index in [-0.39, 0.29) is 0 Å². The van der Waals surface area contributed by atoms with E-state index in [0.717, 1.165) is 11.8 Å². The molecular weight excluding hydrogens is 136 g/mol. The molecule has 3 unspecified atom stereocenters. The molecule has 0 spiro atoms. The molecule has 2 aliphatic carbocycles. The second-order valence-electron chi connectivity index (χ2n) is 3.94. The highest BCUT2D eigenvalue weighted by atomic mass is 16.3. The Labute approximate surface area is 68.1 Å². The minimum Gasteiger partial charge on any atom is -0.396 e. The molecule has 0 aromatic carbocycles. The zero-order chi connectivity index (χ0) is 7.84. The molecule has 0 aromatic heterocycles. The first-order chi connectivity index (χ1) is 5.35. The maximum atomic E-state index is 9.03. The summed E-state index contributed by atoms with van der Waals surface area (Å²) in [4.78, 5) is 0. The molecule has 2 bridgehead atoms. The fourth-order valence-corrected chi connectivity index (χ4v) is 2.81. The van der Waals surface area contributed by atoms with E-state index in [9.17, 15) is 0 Å². The van der Waals surface area contributed by atoms with Crippen molar-refractivity contribution in [3.05, 3.63) is 11.6 Å². The molecule has 0 aliphatic heterocycles. The van der Waals surface area contributed by atoms with Gasteiger partial charge in [-0.25, -0.2) is 0 Å². The van der Waals surface area contributed by atoms with Crippen molar-refractivity contribution in [1.82, 2.24) is 0 Å². The van der Waals surface area contributed by atoms with Crippen LogP contribution in [-0.2, 0) is 0 Å². The lowest BCUT2D eigenvalue weighted by Crippen LogP contribution is -2.15. The number of allylic oxidation sites excluding steroid dienone is 2. The van der Waals surface area contributed by atoms with Gasteiger partial charge in [0.2, 0.25) is 0 Å². The maximum absolute atomic E-state index is 9.03. The molecule has 2 fully saturated rings. The van der Waals surface area contributed by atoms with Crippen LogP contribution in [0, 0.1) is 17.8 Å². The maximum Gasteiger partial charge on any atom is 0.0462 e. The van der Waals surface area contributed by atoms with E-state index >= 15 is 0 Å². The highest BCUT2D eigenvalue weighted by Gasteiger charge is 2.41. The van der Waals surface area contributed by atoms with E-state index in [4.69, 9.17) is 5.11 Å². The lowest BCUT2D eigenvalue weighted by atomic mass is 9.86. The van der Waals surface area contributed by atoms with Gasteiger partial charge in [-0.05, 0) is 43.9 Å². The van der Waals surface area contributed by atoms with Crippen LogP contribution >= 0.6 is 0 Å². The van der Waals surface area contributed by atoms with Gasteiger partial charge in [0.05, 0.1) is 0 Å². The molecule has 11 heavy (non-hydrogen) atoms. The summed E-state index contributed by atoms with van der Waals surface area (Å²) in [6.45, 7) is 2.56. The van der Waals surface area contributed by atoms with Crippen molar-refractivity contribution in [2.75, 3.05) is 6.61 Å². The van der Waals surface area contributed by atoms with Crippen LogP contribution in [0.25, 0.3) is 0 Å². The number of hydrogen-bond acceptors (Lipinski definition) is 1. The van der Waals surface area contributed by atoms with Gasteiger partial charge in [0.15, 0.2) is 0 Å². The fourth-order valence-electron chi connectivity index (χ4n) is 2.81. The number of hydrogen-bond donors (Lipinski definition) is 1. The zero-order valence-corrected chi connectivity index (χ0v) is 7.09.